The maximum atomic E-state index is 13.9. The number of hydrogen-bond donors (Lipinski definition) is 2. The van der Waals surface area contributed by atoms with Gasteiger partial charge in [0.25, 0.3) is 0 Å². The largest absolute Gasteiger partial charge is 0.508 e. The number of hydrazine groups is 1. The van der Waals surface area contributed by atoms with Gasteiger partial charge in [0.15, 0.2) is 0 Å². The summed E-state index contributed by atoms with van der Waals surface area (Å²) in [6.07, 6.45) is -0.201. The molecule has 3 atom stereocenters. The molecule has 0 aromatic heterocycles. The Balaban J connectivity index is 1.41. The molecule has 202 valence electrons. The van der Waals surface area contributed by atoms with Gasteiger partial charge in [0, 0.05) is 20.0 Å². The summed E-state index contributed by atoms with van der Waals surface area (Å²) in [5, 5.41) is 15.8. The molecule has 0 saturated carbocycles. The number of nitrogens with one attached hydrogen (secondary N) is 1. The first kappa shape index (κ1) is 26.2. The second-order valence-electron chi connectivity index (χ2n) is 10.0. The molecule has 2 heterocycles. The summed E-state index contributed by atoms with van der Waals surface area (Å²) in [7, 11) is 1.65. The van der Waals surface area contributed by atoms with E-state index in [1.165, 1.54) is 5.01 Å². The molecule has 2 aliphatic rings. The van der Waals surface area contributed by atoms with Crippen LogP contribution in [-0.2, 0) is 22.6 Å². The lowest BCUT2D eigenvalue weighted by Crippen LogP contribution is -2.66. The fourth-order valence-corrected chi connectivity index (χ4v) is 5.39. The van der Waals surface area contributed by atoms with Crippen molar-refractivity contribution < 1.29 is 19.5 Å². The molecule has 2 saturated heterocycles. The third-order valence-electron chi connectivity index (χ3n) is 7.59. The number of rotatable bonds is 7. The Morgan fingerprint density at radius 1 is 0.974 bits per heavy atom. The quantitative estimate of drug-likeness (QED) is 0.492. The van der Waals surface area contributed by atoms with E-state index in [-0.39, 0.29) is 42.7 Å². The van der Waals surface area contributed by atoms with Crippen LogP contribution in [0.4, 0.5) is 4.79 Å². The number of urea groups is 1. The van der Waals surface area contributed by atoms with Gasteiger partial charge in [-0.3, -0.25) is 14.6 Å². The first-order valence-corrected chi connectivity index (χ1v) is 13.1. The molecule has 3 aromatic rings. The van der Waals surface area contributed by atoms with Crippen LogP contribution in [0.5, 0.6) is 5.75 Å². The van der Waals surface area contributed by atoms with E-state index in [0.29, 0.717) is 13.0 Å². The maximum absolute atomic E-state index is 13.9. The number of aromatic hydroxyl groups is 1. The average Bonchev–Trinajstić information content (AvgIpc) is 3.30. The number of hydrogen-bond acceptors (Lipinski definition) is 5. The van der Waals surface area contributed by atoms with Crippen molar-refractivity contribution in [1.29, 1.82) is 0 Å². The number of carbonyl (C=O) groups is 3. The van der Waals surface area contributed by atoms with Crippen molar-refractivity contribution in [2.75, 3.05) is 20.1 Å². The van der Waals surface area contributed by atoms with Crippen LogP contribution in [0.15, 0.2) is 84.9 Å². The van der Waals surface area contributed by atoms with E-state index >= 15 is 0 Å². The van der Waals surface area contributed by atoms with Crippen LogP contribution in [-0.4, -0.2) is 75.1 Å². The van der Waals surface area contributed by atoms with E-state index in [0.717, 1.165) is 16.7 Å². The van der Waals surface area contributed by atoms with E-state index in [2.05, 4.69) is 5.32 Å². The smallest absolute Gasteiger partial charge is 0.332 e. The fraction of sp³-hybridized carbons (Fsp3) is 0.300. The van der Waals surface area contributed by atoms with Gasteiger partial charge in [-0.2, -0.15) is 5.01 Å². The molecule has 39 heavy (non-hydrogen) atoms. The van der Waals surface area contributed by atoms with Gasteiger partial charge in [-0.05, 0) is 35.7 Å². The predicted molar refractivity (Wildman–Crippen MR) is 146 cm³/mol. The molecule has 2 N–H and O–H groups in total. The van der Waals surface area contributed by atoms with Gasteiger partial charge in [0.1, 0.15) is 18.0 Å². The Kier molecular flexibility index (Phi) is 7.51. The fourth-order valence-electron chi connectivity index (χ4n) is 5.39. The molecule has 0 spiro atoms. The molecular weight excluding hydrogens is 494 g/mol. The van der Waals surface area contributed by atoms with E-state index in [4.69, 9.17) is 0 Å². The second-order valence-corrected chi connectivity index (χ2v) is 10.0. The highest BCUT2D eigenvalue weighted by Crippen LogP contribution is 2.33. The van der Waals surface area contributed by atoms with Crippen LogP contribution in [0.25, 0.3) is 0 Å². The number of amides is 4. The normalized spacial score (nSPS) is 20.1. The van der Waals surface area contributed by atoms with Crippen molar-refractivity contribution in [3.05, 3.63) is 102 Å². The molecule has 0 aliphatic carbocycles. The molecular formula is C30H33N5O4. The molecule has 0 bridgehead atoms. The zero-order chi connectivity index (χ0) is 27.5. The summed E-state index contributed by atoms with van der Waals surface area (Å²) in [5.41, 5.74) is 2.80. The lowest BCUT2D eigenvalue weighted by molar-refractivity contribution is -0.159. The third-order valence-corrected chi connectivity index (χ3v) is 7.59. The van der Waals surface area contributed by atoms with Crippen molar-refractivity contribution in [1.82, 2.24) is 25.1 Å². The number of phenols is 1. The van der Waals surface area contributed by atoms with Crippen LogP contribution in [0.3, 0.4) is 0 Å². The van der Waals surface area contributed by atoms with Crippen LogP contribution in [0.2, 0.25) is 0 Å². The first-order valence-electron chi connectivity index (χ1n) is 13.1. The van der Waals surface area contributed by atoms with Crippen molar-refractivity contribution >= 4 is 17.8 Å². The van der Waals surface area contributed by atoms with Gasteiger partial charge >= 0.3 is 6.03 Å². The third kappa shape index (κ3) is 5.44. The molecule has 9 nitrogen and oxygen atoms in total. The summed E-state index contributed by atoms with van der Waals surface area (Å²) < 4.78 is 0. The van der Waals surface area contributed by atoms with Gasteiger partial charge < -0.3 is 20.2 Å². The highest BCUT2D eigenvalue weighted by molar-refractivity contribution is 5.92. The second kappa shape index (κ2) is 11.2. The van der Waals surface area contributed by atoms with Crippen LogP contribution in [0, 0.1) is 0 Å². The highest BCUT2D eigenvalue weighted by atomic mass is 16.3. The van der Waals surface area contributed by atoms with Crippen molar-refractivity contribution in [3.63, 3.8) is 0 Å². The molecule has 3 aromatic carbocycles. The first-order chi connectivity index (χ1) is 18.8. The molecule has 2 aliphatic heterocycles. The van der Waals surface area contributed by atoms with Crippen LogP contribution < -0.4 is 5.32 Å². The summed E-state index contributed by atoms with van der Waals surface area (Å²) in [6, 6.07) is 24.8. The standard InChI is InChI=1S/C30H33N5O4/c1-21(24-11-7-4-8-12-24)33-19-27-34(32(2)30(39)31-18-23-9-5-3-6-10-23)20-28(37)35(27)26(29(33)38)17-22-13-15-25(36)16-14-22/h3-16,21,26-27,36H,17-20H2,1-2H3,(H,31,39)/t21-,26-,27+/m0/s1. The number of phenolic OH excluding ortho intramolecular Hbond substituents is 1. The number of nitrogens with zero attached hydrogens (tertiary/aromatic N) is 4. The topological polar surface area (TPSA) is 96.4 Å². The minimum absolute atomic E-state index is 0.00710. The van der Waals surface area contributed by atoms with Crippen molar-refractivity contribution in [3.8, 4) is 5.75 Å². The Labute approximate surface area is 228 Å². The van der Waals surface area contributed by atoms with Gasteiger partial charge in [0.05, 0.1) is 19.1 Å². The number of piperazine rings is 1. The zero-order valence-corrected chi connectivity index (χ0v) is 22.1. The Bertz CT molecular complexity index is 1320. The Hall–Kier alpha value is -4.37. The number of fused-ring (bicyclic) bond motifs is 1. The molecule has 5 rings (SSSR count). The molecule has 0 unspecified atom stereocenters. The van der Waals surface area contributed by atoms with E-state index in [9.17, 15) is 19.5 Å². The summed E-state index contributed by atoms with van der Waals surface area (Å²) in [4.78, 5) is 43.9. The summed E-state index contributed by atoms with van der Waals surface area (Å²) in [6.45, 7) is 2.60. The minimum atomic E-state index is -0.738. The summed E-state index contributed by atoms with van der Waals surface area (Å²) in [5.74, 6) is -0.202. The van der Waals surface area contributed by atoms with Gasteiger partial charge in [-0.1, -0.05) is 72.8 Å². The van der Waals surface area contributed by atoms with Crippen LogP contribution >= 0.6 is 0 Å². The number of benzene rings is 3. The average molecular weight is 528 g/mol. The molecule has 2 fully saturated rings. The minimum Gasteiger partial charge on any atom is -0.508 e. The van der Waals surface area contributed by atoms with Gasteiger partial charge in [-0.25, -0.2) is 4.79 Å². The van der Waals surface area contributed by atoms with Crippen LogP contribution in [0.1, 0.15) is 29.7 Å². The van der Waals surface area contributed by atoms with E-state index in [1.54, 1.807) is 41.2 Å². The predicted octanol–water partition coefficient (Wildman–Crippen LogP) is 3.13. The van der Waals surface area contributed by atoms with Crippen molar-refractivity contribution in [2.24, 2.45) is 0 Å². The SMILES string of the molecule is C[C@@H](c1ccccc1)N1C[C@H]2N(C(=O)CN2N(C)C(=O)NCc2ccccc2)[C@@H](Cc2ccc(O)cc2)C1=O. The van der Waals surface area contributed by atoms with E-state index < -0.39 is 12.2 Å². The van der Waals surface area contributed by atoms with Gasteiger partial charge in [-0.15, -0.1) is 0 Å². The van der Waals surface area contributed by atoms with Gasteiger partial charge in [0.2, 0.25) is 11.8 Å². The van der Waals surface area contributed by atoms with Crippen molar-refractivity contribution in [2.45, 2.75) is 38.1 Å². The lowest BCUT2D eigenvalue weighted by Gasteiger charge is -2.47. The Morgan fingerprint density at radius 2 is 1.62 bits per heavy atom. The number of carbonyl (C=O) groups excluding carboxylic acids is 3. The Morgan fingerprint density at radius 3 is 2.28 bits per heavy atom. The summed E-state index contributed by atoms with van der Waals surface area (Å²) >= 11 is 0. The molecule has 4 amide bonds. The lowest BCUT2D eigenvalue weighted by atomic mass is 9.97. The highest BCUT2D eigenvalue weighted by Gasteiger charge is 2.52. The maximum Gasteiger partial charge on any atom is 0.332 e. The monoisotopic (exact) mass is 527 g/mol. The molecule has 0 radical (unpaired) electrons. The van der Waals surface area contributed by atoms with E-state index in [1.807, 2.05) is 72.5 Å². The molecule has 9 heteroatoms. The zero-order valence-electron chi connectivity index (χ0n) is 22.1.